The summed E-state index contributed by atoms with van der Waals surface area (Å²) >= 11 is 0. The molecule has 2 N–H and O–H groups in total. The van der Waals surface area contributed by atoms with Gasteiger partial charge in [0.1, 0.15) is 6.61 Å². The molecule has 19 heavy (non-hydrogen) atoms. The van der Waals surface area contributed by atoms with Crippen LogP contribution in [0.5, 0.6) is 0 Å². The minimum Gasteiger partial charge on any atom is -0.395 e. The van der Waals surface area contributed by atoms with E-state index < -0.39 is 0 Å². The molecule has 102 valence electrons. The van der Waals surface area contributed by atoms with E-state index in [9.17, 15) is 4.79 Å². The van der Waals surface area contributed by atoms with E-state index >= 15 is 0 Å². The minimum absolute atomic E-state index is 0.0326. The smallest absolute Gasteiger partial charge is 0.250 e. The van der Waals surface area contributed by atoms with Crippen molar-refractivity contribution in [3.05, 3.63) is 29.3 Å². The summed E-state index contributed by atoms with van der Waals surface area (Å²) in [6.07, 6.45) is 0.417. The summed E-state index contributed by atoms with van der Waals surface area (Å²) < 4.78 is 5.05. The zero-order valence-corrected chi connectivity index (χ0v) is 11.3. The second-order valence-electron chi connectivity index (χ2n) is 4.01. The summed E-state index contributed by atoms with van der Waals surface area (Å²) in [6.45, 7) is 4.37. The van der Waals surface area contributed by atoms with Crippen LogP contribution in [0.1, 0.15) is 24.5 Å². The first-order valence-corrected chi connectivity index (χ1v) is 6.25. The van der Waals surface area contributed by atoms with Gasteiger partial charge in [0.15, 0.2) is 0 Å². The maximum Gasteiger partial charge on any atom is 0.250 e. The van der Waals surface area contributed by atoms with Gasteiger partial charge in [0.2, 0.25) is 5.91 Å². The summed E-state index contributed by atoms with van der Waals surface area (Å²) in [7, 11) is 0. The van der Waals surface area contributed by atoms with E-state index in [1.54, 1.807) is 0 Å². The lowest BCUT2D eigenvalue weighted by Gasteiger charge is -2.08. The highest BCUT2D eigenvalue weighted by atomic mass is 16.5. The molecular formula is C15H19NO3. The van der Waals surface area contributed by atoms with E-state index in [0.717, 1.165) is 11.1 Å². The molecule has 0 heterocycles. The molecule has 0 aromatic heterocycles. The lowest BCUT2D eigenvalue weighted by Crippen LogP contribution is -2.18. The molecule has 1 amide bonds. The Labute approximate surface area is 113 Å². The van der Waals surface area contributed by atoms with Crippen LogP contribution >= 0.6 is 0 Å². The Morgan fingerprint density at radius 1 is 1.47 bits per heavy atom. The highest BCUT2D eigenvalue weighted by Gasteiger charge is 2.05. The number of carbonyl (C=O) groups is 1. The van der Waals surface area contributed by atoms with Crippen molar-refractivity contribution in [1.29, 1.82) is 0 Å². The van der Waals surface area contributed by atoms with Crippen LogP contribution in [-0.2, 0) is 9.53 Å². The van der Waals surface area contributed by atoms with Crippen LogP contribution in [-0.4, -0.2) is 30.8 Å². The highest BCUT2D eigenvalue weighted by Crippen LogP contribution is 2.16. The first-order chi connectivity index (χ1) is 9.17. The fourth-order valence-corrected chi connectivity index (χ4v) is 1.47. The molecule has 0 radical (unpaired) electrons. The number of amides is 1. The fourth-order valence-electron chi connectivity index (χ4n) is 1.47. The van der Waals surface area contributed by atoms with E-state index in [1.807, 2.05) is 32.0 Å². The van der Waals surface area contributed by atoms with Crippen molar-refractivity contribution in [3.63, 3.8) is 0 Å². The molecule has 1 rings (SSSR count). The van der Waals surface area contributed by atoms with Gasteiger partial charge in [-0.15, -0.1) is 0 Å². The number of hydrogen-bond acceptors (Lipinski definition) is 3. The lowest BCUT2D eigenvalue weighted by atomic mass is 10.1. The van der Waals surface area contributed by atoms with E-state index in [4.69, 9.17) is 9.84 Å². The van der Waals surface area contributed by atoms with Crippen molar-refractivity contribution in [3.8, 4) is 11.8 Å². The van der Waals surface area contributed by atoms with Gasteiger partial charge in [-0.05, 0) is 31.5 Å². The number of aryl methyl sites for hydroxylation is 1. The van der Waals surface area contributed by atoms with E-state index in [0.29, 0.717) is 18.7 Å². The monoisotopic (exact) mass is 261 g/mol. The number of anilines is 1. The Hall–Kier alpha value is -1.83. The van der Waals surface area contributed by atoms with Gasteiger partial charge in [-0.2, -0.15) is 0 Å². The molecule has 0 saturated heterocycles. The quantitative estimate of drug-likeness (QED) is 0.793. The summed E-state index contributed by atoms with van der Waals surface area (Å²) in [6, 6.07) is 5.64. The first-order valence-electron chi connectivity index (χ1n) is 6.25. The Bertz CT molecular complexity index is 486. The highest BCUT2D eigenvalue weighted by molar-refractivity contribution is 5.93. The molecule has 0 aliphatic carbocycles. The van der Waals surface area contributed by atoms with Crippen LogP contribution in [0.25, 0.3) is 0 Å². The number of rotatable bonds is 5. The standard InChI is InChI=1S/C15H19NO3/c1-3-19-11-15(18)16-14-8-7-12(2)10-13(14)6-4-5-9-17/h7-8,10,17H,3,5,9,11H2,1-2H3,(H,16,18). The number of nitrogens with one attached hydrogen (secondary N) is 1. The number of aliphatic hydroxyl groups is 1. The van der Waals surface area contributed by atoms with Gasteiger partial charge in [0.05, 0.1) is 12.3 Å². The number of benzene rings is 1. The van der Waals surface area contributed by atoms with E-state index in [2.05, 4.69) is 17.2 Å². The predicted octanol–water partition coefficient (Wildman–Crippen LogP) is 1.70. The average molecular weight is 261 g/mol. The summed E-state index contributed by atoms with van der Waals surface area (Å²) in [5.41, 5.74) is 2.48. The zero-order chi connectivity index (χ0) is 14.1. The van der Waals surface area contributed by atoms with Gasteiger partial charge in [0.25, 0.3) is 0 Å². The summed E-state index contributed by atoms with van der Waals surface area (Å²) in [5.74, 6) is 5.61. The van der Waals surface area contributed by atoms with Crippen LogP contribution in [0.2, 0.25) is 0 Å². The molecule has 4 heteroatoms. The van der Waals surface area contributed by atoms with Crippen LogP contribution < -0.4 is 5.32 Å². The van der Waals surface area contributed by atoms with Gasteiger partial charge in [-0.25, -0.2) is 0 Å². The molecule has 0 saturated carbocycles. The summed E-state index contributed by atoms with van der Waals surface area (Å²) in [4.78, 5) is 11.6. The van der Waals surface area contributed by atoms with Crippen molar-refractivity contribution in [2.75, 3.05) is 25.1 Å². The molecule has 0 spiro atoms. The third-order valence-electron chi connectivity index (χ3n) is 2.35. The zero-order valence-electron chi connectivity index (χ0n) is 11.3. The van der Waals surface area contributed by atoms with Gasteiger partial charge >= 0.3 is 0 Å². The number of hydrogen-bond donors (Lipinski definition) is 2. The van der Waals surface area contributed by atoms with Gasteiger partial charge < -0.3 is 15.2 Å². The molecule has 1 aromatic rings. The molecule has 4 nitrogen and oxygen atoms in total. The van der Waals surface area contributed by atoms with Crippen LogP contribution in [0.15, 0.2) is 18.2 Å². The first kappa shape index (κ1) is 15.2. The van der Waals surface area contributed by atoms with Crippen LogP contribution in [0.3, 0.4) is 0 Å². The van der Waals surface area contributed by atoms with Crippen LogP contribution in [0, 0.1) is 18.8 Å². The normalized spacial score (nSPS) is 9.63. The molecule has 0 unspecified atom stereocenters. The van der Waals surface area contributed by atoms with Gasteiger partial charge in [-0.3, -0.25) is 4.79 Å². The second kappa shape index (κ2) is 8.30. The number of carbonyl (C=O) groups excluding carboxylic acids is 1. The third-order valence-corrected chi connectivity index (χ3v) is 2.35. The van der Waals surface area contributed by atoms with Gasteiger partial charge in [0, 0.05) is 18.6 Å². The summed E-state index contributed by atoms with van der Waals surface area (Å²) in [5, 5.41) is 11.5. The molecule has 0 aliphatic heterocycles. The molecule has 0 aliphatic rings. The fraction of sp³-hybridized carbons (Fsp3) is 0.400. The van der Waals surface area contributed by atoms with Crippen LogP contribution in [0.4, 0.5) is 5.69 Å². The number of aliphatic hydroxyl groups excluding tert-OH is 1. The Morgan fingerprint density at radius 2 is 2.26 bits per heavy atom. The van der Waals surface area contributed by atoms with Gasteiger partial charge in [-0.1, -0.05) is 17.9 Å². The average Bonchev–Trinajstić information content (AvgIpc) is 2.39. The van der Waals surface area contributed by atoms with E-state index in [-0.39, 0.29) is 19.1 Å². The van der Waals surface area contributed by atoms with Crippen molar-refractivity contribution < 1.29 is 14.6 Å². The molecular weight excluding hydrogens is 242 g/mol. The molecule has 1 aromatic carbocycles. The predicted molar refractivity (Wildman–Crippen MR) is 74.9 cm³/mol. The maximum absolute atomic E-state index is 11.6. The minimum atomic E-state index is -0.198. The second-order valence-corrected chi connectivity index (χ2v) is 4.01. The van der Waals surface area contributed by atoms with Crippen molar-refractivity contribution in [2.24, 2.45) is 0 Å². The lowest BCUT2D eigenvalue weighted by molar-refractivity contribution is -0.120. The molecule has 0 atom stereocenters. The van der Waals surface area contributed by atoms with Crippen molar-refractivity contribution in [2.45, 2.75) is 20.3 Å². The maximum atomic E-state index is 11.6. The molecule has 0 bridgehead atoms. The SMILES string of the molecule is CCOCC(=O)Nc1ccc(C)cc1C#CCCO. The molecule has 0 fully saturated rings. The Balaban J connectivity index is 2.82. The topological polar surface area (TPSA) is 58.6 Å². The third kappa shape index (κ3) is 5.56. The van der Waals surface area contributed by atoms with Crippen molar-refractivity contribution in [1.82, 2.24) is 0 Å². The van der Waals surface area contributed by atoms with Crippen molar-refractivity contribution >= 4 is 11.6 Å². The Kier molecular flexibility index (Phi) is 6.65. The largest absolute Gasteiger partial charge is 0.395 e. The Morgan fingerprint density at radius 3 is 2.95 bits per heavy atom. The van der Waals surface area contributed by atoms with E-state index in [1.165, 1.54) is 0 Å². The number of ether oxygens (including phenoxy) is 1.